The maximum Gasteiger partial charge on any atom is 0.228 e. The van der Waals surface area contributed by atoms with E-state index in [0.717, 1.165) is 24.9 Å². The second-order valence-corrected chi connectivity index (χ2v) is 4.55. The average Bonchev–Trinajstić information content (AvgIpc) is 2.28. The lowest BCUT2D eigenvalue weighted by Gasteiger charge is -2.21. The van der Waals surface area contributed by atoms with E-state index in [-0.39, 0.29) is 17.6 Å². The number of carbonyl (C=O) groups excluding carboxylic acids is 1. The molecular formula is C13H17FN2O. The Morgan fingerprint density at radius 2 is 2.29 bits per heavy atom. The monoisotopic (exact) mass is 236 g/mol. The first-order chi connectivity index (χ1) is 8.15. The van der Waals surface area contributed by atoms with Gasteiger partial charge in [-0.15, -0.1) is 0 Å². The molecule has 1 aromatic rings. The third-order valence-corrected chi connectivity index (χ3v) is 2.98. The van der Waals surface area contributed by atoms with Gasteiger partial charge in [-0.05, 0) is 50.1 Å². The molecule has 2 N–H and O–H groups in total. The largest absolute Gasteiger partial charge is 0.326 e. The van der Waals surface area contributed by atoms with Crippen molar-refractivity contribution in [3.8, 4) is 0 Å². The molecule has 1 aromatic carbocycles. The van der Waals surface area contributed by atoms with E-state index >= 15 is 0 Å². The number of anilines is 1. The molecule has 3 nitrogen and oxygen atoms in total. The van der Waals surface area contributed by atoms with E-state index in [1.54, 1.807) is 13.0 Å². The Morgan fingerprint density at radius 3 is 2.94 bits per heavy atom. The van der Waals surface area contributed by atoms with Gasteiger partial charge in [-0.3, -0.25) is 4.79 Å². The van der Waals surface area contributed by atoms with E-state index in [0.29, 0.717) is 12.2 Å². The van der Waals surface area contributed by atoms with Crippen LogP contribution < -0.4 is 10.6 Å². The van der Waals surface area contributed by atoms with Crippen LogP contribution in [-0.4, -0.2) is 19.0 Å². The van der Waals surface area contributed by atoms with Crippen molar-refractivity contribution in [2.75, 3.05) is 18.4 Å². The third-order valence-electron chi connectivity index (χ3n) is 2.98. The number of rotatable bonds is 2. The summed E-state index contributed by atoms with van der Waals surface area (Å²) in [4.78, 5) is 11.9. The maximum atomic E-state index is 13.2. The summed E-state index contributed by atoms with van der Waals surface area (Å²) >= 11 is 0. The highest BCUT2D eigenvalue weighted by molar-refractivity contribution is 5.92. The zero-order chi connectivity index (χ0) is 12.3. The Hall–Kier alpha value is -1.42. The van der Waals surface area contributed by atoms with Crippen LogP contribution in [0.15, 0.2) is 18.2 Å². The predicted octanol–water partition coefficient (Wildman–Crippen LogP) is 2.07. The molecule has 1 fully saturated rings. The fraction of sp³-hybridized carbons (Fsp3) is 0.462. The van der Waals surface area contributed by atoms with Gasteiger partial charge in [-0.2, -0.15) is 0 Å². The van der Waals surface area contributed by atoms with Gasteiger partial charge >= 0.3 is 0 Å². The van der Waals surface area contributed by atoms with Gasteiger partial charge in [0.05, 0.1) is 5.92 Å². The van der Waals surface area contributed by atoms with Crippen molar-refractivity contribution < 1.29 is 9.18 Å². The summed E-state index contributed by atoms with van der Waals surface area (Å²) in [5.41, 5.74) is 1.35. The van der Waals surface area contributed by atoms with E-state index in [1.807, 2.05) is 0 Å². The molecule has 17 heavy (non-hydrogen) atoms. The highest BCUT2D eigenvalue weighted by Gasteiger charge is 2.20. The van der Waals surface area contributed by atoms with Crippen molar-refractivity contribution >= 4 is 11.6 Å². The minimum Gasteiger partial charge on any atom is -0.326 e. The minimum absolute atomic E-state index is 0.00711. The molecule has 1 atom stereocenters. The highest BCUT2D eigenvalue weighted by Crippen LogP contribution is 2.16. The molecule has 92 valence electrons. The van der Waals surface area contributed by atoms with Crippen LogP contribution in [0, 0.1) is 18.7 Å². The quantitative estimate of drug-likeness (QED) is 0.825. The first-order valence-electron chi connectivity index (χ1n) is 5.94. The Kier molecular flexibility index (Phi) is 3.74. The molecule has 1 aliphatic heterocycles. The number of nitrogens with one attached hydrogen (secondary N) is 2. The number of halogens is 1. The van der Waals surface area contributed by atoms with Crippen molar-refractivity contribution in [3.05, 3.63) is 29.6 Å². The molecule has 1 heterocycles. The van der Waals surface area contributed by atoms with Crippen LogP contribution in [-0.2, 0) is 4.79 Å². The van der Waals surface area contributed by atoms with E-state index in [9.17, 15) is 9.18 Å². The number of hydrogen-bond acceptors (Lipinski definition) is 2. The Balaban J connectivity index is 2.01. The lowest BCUT2D eigenvalue weighted by Crippen LogP contribution is -2.37. The van der Waals surface area contributed by atoms with E-state index < -0.39 is 0 Å². The summed E-state index contributed by atoms with van der Waals surface area (Å²) in [7, 11) is 0. The van der Waals surface area contributed by atoms with E-state index in [2.05, 4.69) is 10.6 Å². The lowest BCUT2D eigenvalue weighted by atomic mass is 9.99. The van der Waals surface area contributed by atoms with E-state index in [1.165, 1.54) is 12.1 Å². The smallest absolute Gasteiger partial charge is 0.228 e. The third kappa shape index (κ3) is 3.27. The van der Waals surface area contributed by atoms with Crippen molar-refractivity contribution in [2.24, 2.45) is 5.92 Å². The maximum absolute atomic E-state index is 13.2. The summed E-state index contributed by atoms with van der Waals surface area (Å²) in [6, 6.07) is 4.57. The van der Waals surface area contributed by atoms with Gasteiger partial charge in [-0.1, -0.05) is 0 Å². The van der Waals surface area contributed by atoms with Gasteiger partial charge in [-0.25, -0.2) is 4.39 Å². The van der Waals surface area contributed by atoms with Crippen molar-refractivity contribution in [1.82, 2.24) is 5.32 Å². The molecule has 0 spiro atoms. The van der Waals surface area contributed by atoms with Gasteiger partial charge in [0, 0.05) is 12.2 Å². The summed E-state index contributed by atoms with van der Waals surface area (Å²) in [6.45, 7) is 3.49. The van der Waals surface area contributed by atoms with Crippen LogP contribution in [0.1, 0.15) is 18.4 Å². The molecule has 0 aliphatic carbocycles. The average molecular weight is 236 g/mol. The molecule has 1 amide bonds. The van der Waals surface area contributed by atoms with E-state index in [4.69, 9.17) is 0 Å². The molecule has 0 radical (unpaired) electrons. The van der Waals surface area contributed by atoms with Crippen LogP contribution >= 0.6 is 0 Å². The second-order valence-electron chi connectivity index (χ2n) is 4.55. The number of amides is 1. The molecular weight excluding hydrogens is 219 g/mol. The summed E-state index contributed by atoms with van der Waals surface area (Å²) in [6.07, 6.45) is 1.91. The van der Waals surface area contributed by atoms with Crippen LogP contribution in [0.25, 0.3) is 0 Å². The Bertz CT molecular complexity index is 394. The summed E-state index contributed by atoms with van der Waals surface area (Å²) < 4.78 is 13.2. The molecule has 2 rings (SSSR count). The van der Waals surface area contributed by atoms with Crippen molar-refractivity contribution in [3.63, 3.8) is 0 Å². The van der Waals surface area contributed by atoms with Crippen LogP contribution in [0.2, 0.25) is 0 Å². The number of hydrogen-bond donors (Lipinski definition) is 2. The second kappa shape index (κ2) is 5.27. The van der Waals surface area contributed by atoms with Crippen LogP contribution in [0.3, 0.4) is 0 Å². The predicted molar refractivity (Wildman–Crippen MR) is 65.4 cm³/mol. The molecule has 0 aromatic heterocycles. The topological polar surface area (TPSA) is 41.1 Å². The van der Waals surface area contributed by atoms with Gasteiger partial charge in [0.15, 0.2) is 0 Å². The summed E-state index contributed by atoms with van der Waals surface area (Å²) in [5, 5.41) is 5.96. The van der Waals surface area contributed by atoms with Crippen LogP contribution in [0.4, 0.5) is 10.1 Å². The Labute approximate surface area is 100 Å². The number of carbonyl (C=O) groups is 1. The minimum atomic E-state index is -0.318. The highest BCUT2D eigenvalue weighted by atomic mass is 19.1. The number of benzene rings is 1. The standard InChI is InChI=1S/C13H17FN2O/c1-9-5-11(14)7-12(6-9)16-13(17)10-3-2-4-15-8-10/h5-7,10,15H,2-4,8H2,1H3,(H,16,17)/t10-/m0/s1. The Morgan fingerprint density at radius 1 is 1.47 bits per heavy atom. The molecule has 0 bridgehead atoms. The van der Waals surface area contributed by atoms with Gasteiger partial charge in [0.25, 0.3) is 0 Å². The van der Waals surface area contributed by atoms with Crippen molar-refractivity contribution in [2.45, 2.75) is 19.8 Å². The zero-order valence-electron chi connectivity index (χ0n) is 9.92. The van der Waals surface area contributed by atoms with Gasteiger partial charge < -0.3 is 10.6 Å². The molecule has 0 unspecified atom stereocenters. The van der Waals surface area contributed by atoms with Crippen LogP contribution in [0.5, 0.6) is 0 Å². The number of aryl methyl sites for hydroxylation is 1. The van der Waals surface area contributed by atoms with Gasteiger partial charge in [0.2, 0.25) is 5.91 Å². The lowest BCUT2D eigenvalue weighted by molar-refractivity contribution is -0.120. The first-order valence-corrected chi connectivity index (χ1v) is 5.94. The van der Waals surface area contributed by atoms with Crippen molar-refractivity contribution in [1.29, 1.82) is 0 Å². The fourth-order valence-corrected chi connectivity index (χ4v) is 2.13. The summed E-state index contributed by atoms with van der Waals surface area (Å²) in [5.74, 6) is -0.350. The first kappa shape index (κ1) is 12.0. The zero-order valence-corrected chi connectivity index (χ0v) is 9.92. The normalized spacial score (nSPS) is 20.0. The van der Waals surface area contributed by atoms with Gasteiger partial charge in [0.1, 0.15) is 5.82 Å². The molecule has 1 aliphatic rings. The number of piperidine rings is 1. The molecule has 0 saturated carbocycles. The molecule has 4 heteroatoms. The fourth-order valence-electron chi connectivity index (χ4n) is 2.13. The SMILES string of the molecule is Cc1cc(F)cc(NC(=O)[C@H]2CCCNC2)c1. The molecule has 1 saturated heterocycles.